The Hall–Kier alpha value is -1.51. The lowest BCUT2D eigenvalue weighted by atomic mass is 9.87. The zero-order valence-corrected chi connectivity index (χ0v) is 11.5. The summed E-state index contributed by atoms with van der Waals surface area (Å²) in [7, 11) is 0. The summed E-state index contributed by atoms with van der Waals surface area (Å²) < 4.78 is 10.2. The predicted octanol–water partition coefficient (Wildman–Crippen LogP) is 3.48. The number of rotatable bonds is 5. The number of ether oxygens (including phenoxy) is 2. The van der Waals surface area contributed by atoms with Crippen LogP contribution in [0.25, 0.3) is 0 Å². The molecule has 0 aliphatic carbocycles. The number of carbonyl (C=O) groups excluding carboxylic acids is 1. The second-order valence-corrected chi connectivity index (χ2v) is 5.07. The Kier molecular flexibility index (Phi) is 5.20. The first-order valence-corrected chi connectivity index (χ1v) is 6.18. The highest BCUT2D eigenvalue weighted by Crippen LogP contribution is 2.24. The van der Waals surface area contributed by atoms with Crippen molar-refractivity contribution in [1.29, 1.82) is 0 Å². The van der Waals surface area contributed by atoms with Gasteiger partial charge in [-0.3, -0.25) is 4.79 Å². The molecule has 3 nitrogen and oxygen atoms in total. The molecule has 1 aromatic carbocycles. The van der Waals surface area contributed by atoms with Crippen LogP contribution in [0.15, 0.2) is 24.3 Å². The minimum absolute atomic E-state index is 0.132. The van der Waals surface area contributed by atoms with Crippen molar-refractivity contribution in [2.24, 2.45) is 0 Å². The summed E-state index contributed by atoms with van der Waals surface area (Å²) in [6.45, 7) is 10.1. The molecule has 0 spiro atoms. The number of esters is 1. The molecule has 0 bridgehead atoms. The standard InChI is InChI=1S/C15H21O3/c1-5-17-14(16)10-11-18-13-8-6-12(7-9-13)15(2,3)4/h6-9,11H,5,10H2,1-4H3. The monoisotopic (exact) mass is 249 g/mol. The highest BCUT2D eigenvalue weighted by Gasteiger charge is 2.13. The SMILES string of the molecule is CCOC(=O)C[CH]Oc1ccc(C(C)(C)C)cc1. The Balaban J connectivity index is 2.42. The summed E-state index contributed by atoms with van der Waals surface area (Å²) in [6, 6.07) is 7.88. The van der Waals surface area contributed by atoms with Gasteiger partial charge in [0.05, 0.1) is 13.0 Å². The Morgan fingerprint density at radius 1 is 1.22 bits per heavy atom. The van der Waals surface area contributed by atoms with Crippen LogP contribution in [0.3, 0.4) is 0 Å². The zero-order chi connectivity index (χ0) is 13.6. The maximum Gasteiger partial charge on any atom is 0.309 e. The molecule has 0 fully saturated rings. The van der Waals surface area contributed by atoms with Crippen molar-refractivity contribution in [1.82, 2.24) is 0 Å². The van der Waals surface area contributed by atoms with E-state index in [-0.39, 0.29) is 17.8 Å². The van der Waals surface area contributed by atoms with Gasteiger partial charge < -0.3 is 9.47 Å². The van der Waals surface area contributed by atoms with Crippen molar-refractivity contribution < 1.29 is 14.3 Å². The Morgan fingerprint density at radius 2 is 1.83 bits per heavy atom. The van der Waals surface area contributed by atoms with Gasteiger partial charge in [0.15, 0.2) is 0 Å². The van der Waals surface area contributed by atoms with E-state index >= 15 is 0 Å². The quantitative estimate of drug-likeness (QED) is 0.749. The van der Waals surface area contributed by atoms with Crippen LogP contribution in [0.5, 0.6) is 5.75 Å². The maximum atomic E-state index is 11.1. The summed E-state index contributed by atoms with van der Waals surface area (Å²) in [5, 5.41) is 0. The van der Waals surface area contributed by atoms with Crippen LogP contribution >= 0.6 is 0 Å². The second-order valence-electron chi connectivity index (χ2n) is 5.07. The van der Waals surface area contributed by atoms with Crippen LogP contribution in [0, 0.1) is 6.61 Å². The van der Waals surface area contributed by atoms with Gasteiger partial charge in [-0.25, -0.2) is 0 Å². The number of carbonyl (C=O) groups is 1. The summed E-state index contributed by atoms with van der Waals surface area (Å²) in [4.78, 5) is 11.1. The average Bonchev–Trinajstić information content (AvgIpc) is 2.29. The van der Waals surface area contributed by atoms with E-state index in [1.807, 2.05) is 24.3 Å². The normalized spacial score (nSPS) is 11.1. The fourth-order valence-electron chi connectivity index (χ4n) is 1.46. The van der Waals surface area contributed by atoms with Crippen LogP contribution in [0.1, 0.15) is 39.7 Å². The topological polar surface area (TPSA) is 35.5 Å². The number of hydrogen-bond donors (Lipinski definition) is 0. The van der Waals surface area contributed by atoms with Gasteiger partial charge in [-0.15, -0.1) is 0 Å². The molecule has 1 radical (unpaired) electrons. The molecule has 1 rings (SSSR count). The third kappa shape index (κ3) is 4.78. The second kappa shape index (κ2) is 6.43. The van der Waals surface area contributed by atoms with Crippen LogP contribution in [-0.4, -0.2) is 12.6 Å². The highest BCUT2D eigenvalue weighted by molar-refractivity contribution is 5.70. The fourth-order valence-corrected chi connectivity index (χ4v) is 1.46. The molecule has 0 aliphatic rings. The number of hydrogen-bond acceptors (Lipinski definition) is 3. The molecule has 18 heavy (non-hydrogen) atoms. The number of benzene rings is 1. The van der Waals surface area contributed by atoms with Crippen LogP contribution < -0.4 is 4.74 Å². The van der Waals surface area contributed by atoms with Crippen molar-refractivity contribution in [2.75, 3.05) is 6.61 Å². The van der Waals surface area contributed by atoms with Crippen molar-refractivity contribution in [3.8, 4) is 5.75 Å². The van der Waals surface area contributed by atoms with Gasteiger partial charge in [-0.2, -0.15) is 0 Å². The van der Waals surface area contributed by atoms with Crippen molar-refractivity contribution in [3.05, 3.63) is 36.4 Å². The van der Waals surface area contributed by atoms with Gasteiger partial charge in [-0.05, 0) is 30.0 Å². The van der Waals surface area contributed by atoms with E-state index in [0.717, 1.165) is 5.75 Å². The van der Waals surface area contributed by atoms with E-state index in [1.54, 1.807) is 6.92 Å². The van der Waals surface area contributed by atoms with Crippen LogP contribution in [-0.2, 0) is 14.9 Å². The molecule has 0 heterocycles. The smallest absolute Gasteiger partial charge is 0.309 e. The molecule has 0 saturated carbocycles. The summed E-state index contributed by atoms with van der Waals surface area (Å²) >= 11 is 0. The lowest BCUT2D eigenvalue weighted by Crippen LogP contribution is -2.10. The van der Waals surface area contributed by atoms with Gasteiger partial charge in [0.25, 0.3) is 0 Å². The van der Waals surface area contributed by atoms with Crippen molar-refractivity contribution in [3.63, 3.8) is 0 Å². The molecular weight excluding hydrogens is 228 g/mol. The van der Waals surface area contributed by atoms with E-state index in [0.29, 0.717) is 6.61 Å². The molecule has 0 amide bonds. The van der Waals surface area contributed by atoms with E-state index in [2.05, 4.69) is 20.8 Å². The molecule has 1 aromatic rings. The van der Waals surface area contributed by atoms with Gasteiger partial charge in [0.2, 0.25) is 0 Å². The summed E-state index contributed by atoms with van der Waals surface area (Å²) in [6.07, 6.45) is 0.162. The predicted molar refractivity (Wildman–Crippen MR) is 71.3 cm³/mol. The molecule has 0 atom stereocenters. The zero-order valence-electron chi connectivity index (χ0n) is 11.5. The molecule has 0 aromatic heterocycles. The molecule has 3 heteroatoms. The van der Waals surface area contributed by atoms with Crippen molar-refractivity contribution in [2.45, 2.75) is 39.5 Å². The Labute approximate surface area is 109 Å². The first kappa shape index (κ1) is 14.6. The molecule has 0 saturated heterocycles. The summed E-state index contributed by atoms with van der Waals surface area (Å²) in [5.41, 5.74) is 1.38. The van der Waals surface area contributed by atoms with Gasteiger partial charge in [-0.1, -0.05) is 32.9 Å². The third-order valence-corrected chi connectivity index (χ3v) is 2.50. The third-order valence-electron chi connectivity index (χ3n) is 2.50. The molecular formula is C15H21O3. The highest BCUT2D eigenvalue weighted by atomic mass is 16.5. The van der Waals surface area contributed by atoms with Gasteiger partial charge in [0.1, 0.15) is 12.4 Å². The first-order chi connectivity index (χ1) is 8.43. The maximum absolute atomic E-state index is 11.1. The van der Waals surface area contributed by atoms with Gasteiger partial charge >= 0.3 is 5.97 Å². The van der Waals surface area contributed by atoms with Crippen LogP contribution in [0.2, 0.25) is 0 Å². The lowest BCUT2D eigenvalue weighted by molar-refractivity contribution is -0.142. The fraction of sp³-hybridized carbons (Fsp3) is 0.467. The lowest BCUT2D eigenvalue weighted by Gasteiger charge is -2.19. The first-order valence-electron chi connectivity index (χ1n) is 6.18. The van der Waals surface area contributed by atoms with E-state index in [1.165, 1.54) is 12.2 Å². The van der Waals surface area contributed by atoms with Crippen molar-refractivity contribution >= 4 is 5.97 Å². The molecule has 0 unspecified atom stereocenters. The minimum Gasteiger partial charge on any atom is -0.486 e. The average molecular weight is 249 g/mol. The van der Waals surface area contributed by atoms with E-state index in [4.69, 9.17) is 9.47 Å². The van der Waals surface area contributed by atoms with E-state index < -0.39 is 0 Å². The molecule has 0 aliphatic heterocycles. The molecule has 0 N–H and O–H groups in total. The largest absolute Gasteiger partial charge is 0.486 e. The Bertz CT molecular complexity index is 374. The summed E-state index contributed by atoms with van der Waals surface area (Å²) in [5.74, 6) is 0.455. The van der Waals surface area contributed by atoms with Gasteiger partial charge in [0, 0.05) is 0 Å². The molecule has 99 valence electrons. The Morgan fingerprint density at radius 3 is 2.33 bits per heavy atom. The van der Waals surface area contributed by atoms with Crippen LogP contribution in [0.4, 0.5) is 0 Å². The minimum atomic E-state index is -0.274. The van der Waals surface area contributed by atoms with E-state index in [9.17, 15) is 4.79 Å².